The van der Waals surface area contributed by atoms with Crippen molar-refractivity contribution in [1.29, 1.82) is 0 Å². The Kier molecular flexibility index (Phi) is 3.71. The summed E-state index contributed by atoms with van der Waals surface area (Å²) in [6, 6.07) is 4.25. The Morgan fingerprint density at radius 3 is 2.78 bits per heavy atom. The maximum absolute atomic E-state index is 5.78. The molecule has 0 unspecified atom stereocenters. The lowest BCUT2D eigenvalue weighted by atomic mass is 9.95. The first-order valence-corrected chi connectivity index (χ1v) is 9.24. The molecule has 4 rings (SSSR count). The zero-order valence-electron chi connectivity index (χ0n) is 13.2. The molecule has 1 saturated heterocycles. The van der Waals surface area contributed by atoms with Gasteiger partial charge < -0.3 is 9.30 Å². The van der Waals surface area contributed by atoms with Gasteiger partial charge in [0.1, 0.15) is 16.3 Å². The van der Waals surface area contributed by atoms with Crippen molar-refractivity contribution in [2.45, 2.75) is 5.60 Å². The summed E-state index contributed by atoms with van der Waals surface area (Å²) >= 11 is 4.06. The van der Waals surface area contributed by atoms with Gasteiger partial charge >= 0.3 is 0 Å². The summed E-state index contributed by atoms with van der Waals surface area (Å²) < 4.78 is 9.07. The molecule has 0 aliphatic carbocycles. The summed E-state index contributed by atoms with van der Waals surface area (Å²) in [6.07, 6.45) is 3.84. The minimum Gasteiger partial charge on any atom is -0.368 e. The molecule has 0 amide bonds. The van der Waals surface area contributed by atoms with Crippen LogP contribution in [-0.2, 0) is 17.4 Å². The number of likely N-dealkylation sites (N-methyl/N-ethyl adjacent to an activating group) is 1. The average molecular weight is 440 g/mol. The molecule has 3 aromatic heterocycles. The van der Waals surface area contributed by atoms with E-state index in [2.05, 4.69) is 61.2 Å². The summed E-state index contributed by atoms with van der Waals surface area (Å²) in [4.78, 5) is 12.6. The normalized spacial score (nSPS) is 17.6. The van der Waals surface area contributed by atoms with Crippen molar-refractivity contribution in [2.24, 2.45) is 7.05 Å². The first-order chi connectivity index (χ1) is 11.0. The van der Waals surface area contributed by atoms with Gasteiger partial charge in [-0.25, -0.2) is 9.97 Å². The fourth-order valence-corrected chi connectivity index (χ4v) is 4.84. The van der Waals surface area contributed by atoms with E-state index in [4.69, 9.17) is 4.74 Å². The predicted octanol–water partition coefficient (Wildman–Crippen LogP) is 3.09. The van der Waals surface area contributed by atoms with E-state index in [1.165, 1.54) is 19.5 Å². The molecular formula is C16H17IN4OS. The molecule has 120 valence electrons. The van der Waals surface area contributed by atoms with Gasteiger partial charge in [0, 0.05) is 50.6 Å². The number of hydrogen-bond acceptors (Lipinski definition) is 5. The van der Waals surface area contributed by atoms with E-state index in [0.717, 1.165) is 23.7 Å². The van der Waals surface area contributed by atoms with Crippen LogP contribution in [0.5, 0.6) is 0 Å². The maximum atomic E-state index is 5.78. The third-order valence-corrected chi connectivity index (χ3v) is 6.72. The minimum absolute atomic E-state index is 0.241. The van der Waals surface area contributed by atoms with Crippen molar-refractivity contribution < 1.29 is 4.74 Å². The number of hydrogen-bond donors (Lipinski definition) is 0. The van der Waals surface area contributed by atoms with E-state index in [1.807, 2.05) is 19.4 Å². The third kappa shape index (κ3) is 2.33. The summed E-state index contributed by atoms with van der Waals surface area (Å²) in [5, 5.41) is 2.23. The van der Waals surface area contributed by atoms with Crippen molar-refractivity contribution in [1.82, 2.24) is 19.4 Å². The van der Waals surface area contributed by atoms with Gasteiger partial charge in [0.15, 0.2) is 0 Å². The molecular weight excluding hydrogens is 423 g/mol. The fraction of sp³-hybridized carbons (Fsp3) is 0.375. The standard InChI is InChI=1S/C16H17IN4OS/c1-20-8-16(9-20,22-3)15-19-7-12(23-15)10-4-5-18-14-11(10)6-13(17)21(14)2/h4-7H,8-9H2,1-3H3. The van der Waals surface area contributed by atoms with Gasteiger partial charge in [0.25, 0.3) is 0 Å². The second-order valence-corrected chi connectivity index (χ2v) is 8.16. The van der Waals surface area contributed by atoms with Crippen LogP contribution in [0.2, 0.25) is 0 Å². The Morgan fingerprint density at radius 2 is 2.09 bits per heavy atom. The van der Waals surface area contributed by atoms with Gasteiger partial charge in [0.2, 0.25) is 0 Å². The second-order valence-electron chi connectivity index (χ2n) is 6.02. The fourth-order valence-electron chi connectivity index (χ4n) is 3.19. The Bertz CT molecular complexity index is 881. The van der Waals surface area contributed by atoms with Crippen LogP contribution < -0.4 is 0 Å². The number of rotatable bonds is 3. The highest BCUT2D eigenvalue weighted by Crippen LogP contribution is 2.40. The zero-order valence-corrected chi connectivity index (χ0v) is 16.2. The molecule has 0 spiro atoms. The average Bonchev–Trinajstić information content (AvgIpc) is 3.10. The number of likely N-dealkylation sites (tertiary alicyclic amines) is 1. The lowest BCUT2D eigenvalue weighted by Gasteiger charge is -2.45. The molecule has 23 heavy (non-hydrogen) atoms. The number of pyridine rings is 1. The monoisotopic (exact) mass is 440 g/mol. The second kappa shape index (κ2) is 5.51. The lowest BCUT2D eigenvalue weighted by molar-refractivity contribution is -0.121. The largest absolute Gasteiger partial charge is 0.368 e. The molecule has 0 atom stereocenters. The van der Waals surface area contributed by atoms with Crippen LogP contribution in [0.1, 0.15) is 5.01 Å². The topological polar surface area (TPSA) is 43.2 Å². The number of fused-ring (bicyclic) bond motifs is 1. The Hall–Kier alpha value is -1.03. The first-order valence-electron chi connectivity index (χ1n) is 7.34. The van der Waals surface area contributed by atoms with Crippen molar-refractivity contribution in [3.05, 3.63) is 33.2 Å². The van der Waals surface area contributed by atoms with Crippen molar-refractivity contribution in [3.63, 3.8) is 0 Å². The Labute approximate surface area is 152 Å². The van der Waals surface area contributed by atoms with E-state index in [9.17, 15) is 0 Å². The van der Waals surface area contributed by atoms with E-state index in [0.29, 0.717) is 0 Å². The van der Waals surface area contributed by atoms with Crippen LogP contribution in [-0.4, -0.2) is 46.7 Å². The highest BCUT2D eigenvalue weighted by atomic mass is 127. The van der Waals surface area contributed by atoms with Gasteiger partial charge in [-0.3, -0.25) is 4.90 Å². The molecule has 0 bridgehead atoms. The van der Waals surface area contributed by atoms with Crippen LogP contribution >= 0.6 is 33.9 Å². The molecule has 1 aliphatic rings. The van der Waals surface area contributed by atoms with Gasteiger partial charge in [0.05, 0.1) is 8.58 Å². The Morgan fingerprint density at radius 1 is 1.30 bits per heavy atom. The summed E-state index contributed by atoms with van der Waals surface area (Å²) in [6.45, 7) is 1.79. The number of aromatic nitrogens is 3. The molecule has 5 nitrogen and oxygen atoms in total. The molecule has 3 aromatic rings. The quantitative estimate of drug-likeness (QED) is 0.588. The highest BCUT2D eigenvalue weighted by molar-refractivity contribution is 14.1. The van der Waals surface area contributed by atoms with Crippen molar-refractivity contribution in [3.8, 4) is 10.4 Å². The van der Waals surface area contributed by atoms with Gasteiger partial charge in [-0.2, -0.15) is 0 Å². The van der Waals surface area contributed by atoms with E-state index in [1.54, 1.807) is 18.4 Å². The predicted molar refractivity (Wildman–Crippen MR) is 101 cm³/mol. The lowest BCUT2D eigenvalue weighted by Crippen LogP contribution is -2.58. The number of methoxy groups -OCH3 is 1. The third-order valence-electron chi connectivity index (χ3n) is 4.47. The molecule has 0 N–H and O–H groups in total. The number of ether oxygens (including phenoxy) is 1. The highest BCUT2D eigenvalue weighted by Gasteiger charge is 2.45. The van der Waals surface area contributed by atoms with Crippen molar-refractivity contribution >= 4 is 45.0 Å². The molecule has 4 heterocycles. The van der Waals surface area contributed by atoms with E-state index in [-0.39, 0.29) is 5.60 Å². The first kappa shape index (κ1) is 15.5. The molecule has 7 heteroatoms. The zero-order chi connectivity index (χ0) is 16.2. The molecule has 1 aliphatic heterocycles. The number of halogens is 1. The van der Waals surface area contributed by atoms with Crippen LogP contribution in [0.3, 0.4) is 0 Å². The van der Waals surface area contributed by atoms with Gasteiger partial charge in [-0.05, 0) is 41.8 Å². The van der Waals surface area contributed by atoms with Gasteiger partial charge in [-0.1, -0.05) is 0 Å². The van der Waals surface area contributed by atoms with Gasteiger partial charge in [-0.15, -0.1) is 11.3 Å². The number of aryl methyl sites for hydroxylation is 1. The van der Waals surface area contributed by atoms with Crippen LogP contribution in [0.25, 0.3) is 21.5 Å². The number of thiazole rings is 1. The van der Waals surface area contributed by atoms with Crippen molar-refractivity contribution in [2.75, 3.05) is 27.2 Å². The van der Waals surface area contributed by atoms with Crippen LogP contribution in [0.4, 0.5) is 0 Å². The smallest absolute Gasteiger partial charge is 0.144 e. The molecule has 1 fully saturated rings. The maximum Gasteiger partial charge on any atom is 0.144 e. The summed E-state index contributed by atoms with van der Waals surface area (Å²) in [5.74, 6) is 0. The Balaban J connectivity index is 1.80. The molecule has 0 saturated carbocycles. The van der Waals surface area contributed by atoms with Crippen LogP contribution in [0.15, 0.2) is 24.5 Å². The summed E-state index contributed by atoms with van der Waals surface area (Å²) in [5.41, 5.74) is 1.96. The van der Waals surface area contributed by atoms with E-state index < -0.39 is 0 Å². The molecule has 0 aromatic carbocycles. The molecule has 0 radical (unpaired) electrons. The van der Waals surface area contributed by atoms with Crippen LogP contribution in [0, 0.1) is 3.70 Å². The van der Waals surface area contributed by atoms with E-state index >= 15 is 0 Å². The minimum atomic E-state index is -0.241. The number of nitrogens with zero attached hydrogens (tertiary/aromatic N) is 4. The summed E-state index contributed by atoms with van der Waals surface area (Å²) in [7, 11) is 5.92. The SMILES string of the molecule is COC1(c2ncc(-c3ccnc4c3cc(I)n4C)s2)CN(C)C1.